The first-order valence-corrected chi connectivity index (χ1v) is 9.98. The minimum Gasteiger partial charge on any atom is -0.482 e. The van der Waals surface area contributed by atoms with E-state index in [0.29, 0.717) is 21.8 Å². The monoisotopic (exact) mass is 474 g/mol. The summed E-state index contributed by atoms with van der Waals surface area (Å²) >= 11 is 0. The van der Waals surface area contributed by atoms with Crippen LogP contribution in [0.25, 0.3) is 5.69 Å². The molecule has 34 heavy (non-hydrogen) atoms. The number of carbonyl (C=O) groups is 3. The number of alkyl halides is 3. The summed E-state index contributed by atoms with van der Waals surface area (Å²) in [7, 11) is 0. The van der Waals surface area contributed by atoms with Crippen molar-refractivity contribution in [1.29, 1.82) is 0 Å². The van der Waals surface area contributed by atoms with Crippen molar-refractivity contribution in [3.05, 3.63) is 65.5 Å². The smallest absolute Gasteiger partial charge is 0.434 e. The second kappa shape index (κ2) is 8.89. The van der Waals surface area contributed by atoms with Crippen LogP contribution in [0.15, 0.2) is 48.7 Å². The average molecular weight is 474 g/mol. The molecular weight excluding hydrogens is 457 g/mol. The number of nitrogens with one attached hydrogen (secondary N) is 2. The number of hydrogen-bond donors (Lipinski definition) is 2. The van der Waals surface area contributed by atoms with Crippen molar-refractivity contribution < 1.29 is 37.0 Å². The Balaban J connectivity index is 1.55. The largest absolute Gasteiger partial charge is 0.482 e. The lowest BCUT2D eigenvalue weighted by atomic mass is 10.1. The van der Waals surface area contributed by atoms with Crippen LogP contribution in [0.4, 0.5) is 24.5 Å². The van der Waals surface area contributed by atoms with Gasteiger partial charge in [0.15, 0.2) is 12.3 Å². The van der Waals surface area contributed by atoms with Crippen LogP contribution in [-0.4, -0.2) is 40.8 Å². The SMILES string of the molecule is CCOC(=O)c1cnn(-c2ccc(NC(=O)c3ccc4c(c3)NC(=O)CO4)cc2)c1C(F)(F)F. The first kappa shape index (κ1) is 22.8. The van der Waals surface area contributed by atoms with Crippen LogP contribution in [0.1, 0.15) is 33.3 Å². The van der Waals surface area contributed by atoms with Gasteiger partial charge in [0.25, 0.3) is 11.8 Å². The Labute approximate surface area is 190 Å². The normalized spacial score (nSPS) is 12.9. The van der Waals surface area contributed by atoms with Crippen LogP contribution in [0.2, 0.25) is 0 Å². The van der Waals surface area contributed by atoms with Gasteiger partial charge in [-0.15, -0.1) is 0 Å². The van der Waals surface area contributed by atoms with Crippen LogP contribution in [-0.2, 0) is 15.7 Å². The number of aromatic nitrogens is 2. The van der Waals surface area contributed by atoms with Gasteiger partial charge in [0, 0.05) is 11.3 Å². The Bertz CT molecular complexity index is 1270. The van der Waals surface area contributed by atoms with Crippen molar-refractivity contribution in [2.45, 2.75) is 13.1 Å². The number of nitrogens with zero attached hydrogens (tertiary/aromatic N) is 2. The second-order valence-corrected chi connectivity index (χ2v) is 7.09. The first-order valence-electron chi connectivity index (χ1n) is 9.98. The number of ether oxygens (including phenoxy) is 2. The molecule has 12 heteroatoms. The van der Waals surface area contributed by atoms with E-state index in [1.807, 2.05) is 0 Å². The summed E-state index contributed by atoms with van der Waals surface area (Å²) in [4.78, 5) is 36.0. The summed E-state index contributed by atoms with van der Waals surface area (Å²) < 4.78 is 51.5. The third-order valence-corrected chi connectivity index (χ3v) is 4.78. The molecule has 2 aromatic carbocycles. The lowest BCUT2D eigenvalue weighted by molar-refractivity contribution is -0.143. The fourth-order valence-corrected chi connectivity index (χ4v) is 3.29. The molecule has 176 valence electrons. The Morgan fingerprint density at radius 1 is 1.21 bits per heavy atom. The van der Waals surface area contributed by atoms with E-state index in [2.05, 4.69) is 20.5 Å². The molecule has 1 aromatic heterocycles. The van der Waals surface area contributed by atoms with Gasteiger partial charge < -0.3 is 20.1 Å². The fraction of sp³-hybridized carbons (Fsp3) is 0.182. The molecule has 2 N–H and O–H groups in total. The van der Waals surface area contributed by atoms with E-state index in [1.165, 1.54) is 43.3 Å². The molecule has 0 fully saturated rings. The van der Waals surface area contributed by atoms with Crippen molar-refractivity contribution in [2.24, 2.45) is 0 Å². The molecule has 0 saturated carbocycles. The molecule has 2 heterocycles. The first-order chi connectivity index (χ1) is 16.2. The van der Waals surface area contributed by atoms with Crippen molar-refractivity contribution >= 4 is 29.2 Å². The molecule has 1 aliphatic heterocycles. The minimum atomic E-state index is -4.86. The van der Waals surface area contributed by atoms with Crippen LogP contribution in [0, 0.1) is 0 Å². The number of carbonyl (C=O) groups excluding carboxylic acids is 3. The Morgan fingerprint density at radius 2 is 1.94 bits per heavy atom. The van der Waals surface area contributed by atoms with Crippen molar-refractivity contribution in [3.8, 4) is 11.4 Å². The molecule has 3 aromatic rings. The molecule has 0 unspecified atom stereocenters. The third kappa shape index (κ3) is 4.56. The van der Waals surface area contributed by atoms with Crippen LogP contribution >= 0.6 is 0 Å². The highest BCUT2D eigenvalue weighted by molar-refractivity contribution is 6.06. The summed E-state index contributed by atoms with van der Waals surface area (Å²) in [6, 6.07) is 9.92. The summed E-state index contributed by atoms with van der Waals surface area (Å²) in [5.41, 5.74) is -1.04. The number of benzene rings is 2. The maximum Gasteiger partial charge on any atom is 0.434 e. The Hall–Kier alpha value is -4.35. The molecule has 0 saturated heterocycles. The van der Waals surface area contributed by atoms with Crippen molar-refractivity contribution in [2.75, 3.05) is 23.8 Å². The van der Waals surface area contributed by atoms with E-state index in [1.54, 1.807) is 6.07 Å². The van der Waals surface area contributed by atoms with Crippen LogP contribution in [0.3, 0.4) is 0 Å². The van der Waals surface area contributed by atoms with Crippen LogP contribution < -0.4 is 15.4 Å². The molecule has 0 aliphatic carbocycles. The van der Waals surface area contributed by atoms with E-state index in [0.717, 1.165) is 6.20 Å². The highest BCUT2D eigenvalue weighted by Crippen LogP contribution is 2.34. The van der Waals surface area contributed by atoms with Gasteiger partial charge in [-0.2, -0.15) is 18.3 Å². The highest BCUT2D eigenvalue weighted by atomic mass is 19.4. The predicted molar refractivity (Wildman–Crippen MR) is 113 cm³/mol. The molecule has 0 bridgehead atoms. The van der Waals surface area contributed by atoms with Gasteiger partial charge in [-0.05, 0) is 49.4 Å². The number of halogens is 3. The zero-order chi connectivity index (χ0) is 24.5. The second-order valence-electron chi connectivity index (χ2n) is 7.09. The lowest BCUT2D eigenvalue weighted by Crippen LogP contribution is -2.25. The molecular formula is C22H17F3N4O5. The topological polar surface area (TPSA) is 112 Å². The standard InChI is InChI=1S/C22H17F3N4O5/c1-2-33-21(32)15-10-26-29(19(15)22(23,24)25)14-6-4-13(5-7-14)27-20(31)12-3-8-17-16(9-12)28-18(30)11-34-17/h3-10H,2,11H2,1H3,(H,27,31)(H,28,30). The summed E-state index contributed by atoms with van der Waals surface area (Å²) in [6.45, 7) is 1.29. The number of hydrogen-bond acceptors (Lipinski definition) is 6. The Kier molecular flexibility index (Phi) is 5.97. The van der Waals surface area contributed by atoms with Gasteiger partial charge in [-0.1, -0.05) is 0 Å². The van der Waals surface area contributed by atoms with Gasteiger partial charge in [-0.3, -0.25) is 9.59 Å². The van der Waals surface area contributed by atoms with Gasteiger partial charge in [0.05, 0.1) is 24.2 Å². The minimum absolute atomic E-state index is 0.0227. The van der Waals surface area contributed by atoms with E-state index in [-0.39, 0.29) is 30.4 Å². The molecule has 9 nitrogen and oxygen atoms in total. The molecule has 0 atom stereocenters. The number of amides is 2. The number of esters is 1. The molecule has 1 aliphatic rings. The predicted octanol–water partition coefficient (Wildman–Crippen LogP) is 3.65. The van der Waals surface area contributed by atoms with E-state index < -0.39 is 29.3 Å². The average Bonchev–Trinajstić information content (AvgIpc) is 3.25. The van der Waals surface area contributed by atoms with E-state index in [4.69, 9.17) is 4.74 Å². The molecule has 2 amide bonds. The maximum atomic E-state index is 13.7. The quantitative estimate of drug-likeness (QED) is 0.546. The van der Waals surface area contributed by atoms with Gasteiger partial charge >= 0.3 is 12.1 Å². The van der Waals surface area contributed by atoms with Gasteiger partial charge in [0.1, 0.15) is 11.3 Å². The van der Waals surface area contributed by atoms with Crippen LogP contribution in [0.5, 0.6) is 5.75 Å². The zero-order valence-electron chi connectivity index (χ0n) is 17.6. The number of fused-ring (bicyclic) bond motifs is 1. The number of rotatable bonds is 5. The van der Waals surface area contributed by atoms with Gasteiger partial charge in [-0.25, -0.2) is 9.48 Å². The molecule has 0 spiro atoms. The fourth-order valence-electron chi connectivity index (χ4n) is 3.29. The Morgan fingerprint density at radius 3 is 2.62 bits per heavy atom. The third-order valence-electron chi connectivity index (χ3n) is 4.78. The van der Waals surface area contributed by atoms with Crippen molar-refractivity contribution in [3.63, 3.8) is 0 Å². The summed E-state index contributed by atoms with van der Waals surface area (Å²) in [6.07, 6.45) is -4.06. The summed E-state index contributed by atoms with van der Waals surface area (Å²) in [5.74, 6) is -1.54. The van der Waals surface area contributed by atoms with E-state index in [9.17, 15) is 27.6 Å². The number of anilines is 2. The molecule has 0 radical (unpaired) electrons. The maximum absolute atomic E-state index is 13.7. The van der Waals surface area contributed by atoms with Gasteiger partial charge in [0.2, 0.25) is 0 Å². The molecule has 4 rings (SSSR count). The summed E-state index contributed by atoms with van der Waals surface area (Å²) in [5, 5.41) is 8.93. The lowest BCUT2D eigenvalue weighted by Gasteiger charge is -2.18. The van der Waals surface area contributed by atoms with E-state index >= 15 is 0 Å². The zero-order valence-corrected chi connectivity index (χ0v) is 17.6. The van der Waals surface area contributed by atoms with Crippen molar-refractivity contribution in [1.82, 2.24) is 9.78 Å². The highest BCUT2D eigenvalue weighted by Gasteiger charge is 2.41.